The van der Waals surface area contributed by atoms with Crippen LogP contribution in [0.5, 0.6) is 11.5 Å². The second kappa shape index (κ2) is 5.36. The lowest BCUT2D eigenvalue weighted by atomic mass is 9.52. The molecule has 6 heteroatoms. The predicted molar refractivity (Wildman–Crippen MR) is 104 cm³/mol. The van der Waals surface area contributed by atoms with Gasteiger partial charge in [0.05, 0.1) is 11.9 Å². The molecule has 0 saturated carbocycles. The third kappa shape index (κ3) is 1.79. The fourth-order valence-electron chi connectivity index (χ4n) is 5.87. The highest BCUT2D eigenvalue weighted by molar-refractivity contribution is 14.1. The number of piperidine rings is 1. The third-order valence-electron chi connectivity index (χ3n) is 6.85. The van der Waals surface area contributed by atoms with E-state index >= 15 is 0 Å². The summed E-state index contributed by atoms with van der Waals surface area (Å²) in [6.07, 6.45) is 5.11. The molecule has 2 aliphatic heterocycles. The smallest absolute Gasteiger partial charge is 0.166 e. The van der Waals surface area contributed by atoms with Crippen LogP contribution in [0.4, 0.5) is 0 Å². The van der Waals surface area contributed by atoms with Crippen LogP contribution >= 0.6 is 22.6 Å². The Morgan fingerprint density at radius 3 is 3.00 bits per heavy atom. The molecule has 1 spiro atoms. The van der Waals surface area contributed by atoms with Crippen molar-refractivity contribution in [2.24, 2.45) is 5.92 Å². The van der Waals surface area contributed by atoms with Crippen molar-refractivity contribution < 1.29 is 9.84 Å². The maximum atomic E-state index is 10.4. The third-order valence-corrected chi connectivity index (χ3v) is 6.85. The van der Waals surface area contributed by atoms with Gasteiger partial charge in [0.15, 0.2) is 17.6 Å². The largest absolute Gasteiger partial charge is 0.504 e. The minimum Gasteiger partial charge on any atom is -0.504 e. The number of hydrogen-bond donors (Lipinski definition) is 2. The minimum absolute atomic E-state index is 0.00162. The quantitative estimate of drug-likeness (QED) is 0.478. The lowest BCUT2D eigenvalue weighted by Crippen LogP contribution is -2.62. The van der Waals surface area contributed by atoms with Crippen LogP contribution in [0, 0.1) is 5.92 Å². The van der Waals surface area contributed by atoms with Gasteiger partial charge in [-0.25, -0.2) is 0 Å². The lowest BCUT2D eigenvalue weighted by molar-refractivity contribution is -0.0256. The van der Waals surface area contributed by atoms with E-state index < -0.39 is 0 Å². The Morgan fingerprint density at radius 1 is 1.32 bits per heavy atom. The molecule has 0 amide bonds. The van der Waals surface area contributed by atoms with E-state index in [4.69, 9.17) is 4.74 Å². The molecule has 4 aliphatic rings. The highest BCUT2D eigenvalue weighted by Crippen LogP contribution is 2.66. The van der Waals surface area contributed by atoms with Crippen molar-refractivity contribution in [3.8, 4) is 11.5 Å². The van der Waals surface area contributed by atoms with Gasteiger partial charge >= 0.3 is 0 Å². The summed E-state index contributed by atoms with van der Waals surface area (Å²) < 4.78 is 6.39. The molecule has 2 aliphatic carbocycles. The maximum Gasteiger partial charge on any atom is 0.166 e. The Bertz CT molecular complexity index is 851. The summed E-state index contributed by atoms with van der Waals surface area (Å²) >= 11 is 2.15. The first-order valence-electron chi connectivity index (χ1n) is 8.82. The molecule has 2 N–H and O–H groups in total. The zero-order valence-electron chi connectivity index (χ0n) is 14.4. The molecule has 1 aromatic carbocycles. The van der Waals surface area contributed by atoms with Crippen LogP contribution in [-0.4, -0.2) is 44.8 Å². The molecule has 6 rings (SSSR count). The molecule has 1 unspecified atom stereocenters. The van der Waals surface area contributed by atoms with Crippen LogP contribution in [0.15, 0.2) is 18.3 Å². The number of phenols is 1. The number of fused-ring (bicyclic) bond motifs is 2. The summed E-state index contributed by atoms with van der Waals surface area (Å²) in [7, 11) is 2.25. The second-order valence-corrected chi connectivity index (χ2v) is 7.61. The highest BCUT2D eigenvalue weighted by atomic mass is 127. The van der Waals surface area contributed by atoms with Gasteiger partial charge < -0.3 is 14.7 Å². The second-order valence-electron chi connectivity index (χ2n) is 7.61. The number of phenolic OH excluding ortho intramolecular Hbond substituents is 1. The topological polar surface area (TPSA) is 61.4 Å². The first kappa shape index (κ1) is 15.9. The number of H-pyrrole nitrogens is 1. The SMILES string of the molecule is CI.CN1CC[C@]23c4c5ccc(O)c4OC2c2[nH]ncc2C[C@H]3[C@@H]1C5. The van der Waals surface area contributed by atoms with Gasteiger partial charge in [-0.15, -0.1) is 0 Å². The molecule has 0 radical (unpaired) electrons. The van der Waals surface area contributed by atoms with Crippen molar-refractivity contribution in [2.75, 3.05) is 18.5 Å². The van der Waals surface area contributed by atoms with Gasteiger partial charge in [-0.1, -0.05) is 28.7 Å². The van der Waals surface area contributed by atoms with Crippen molar-refractivity contribution in [3.63, 3.8) is 0 Å². The normalized spacial score (nSPS) is 33.6. The monoisotopic (exact) mass is 451 g/mol. The fraction of sp³-hybridized carbons (Fsp3) is 0.526. The number of benzene rings is 1. The maximum absolute atomic E-state index is 10.4. The van der Waals surface area contributed by atoms with Crippen LogP contribution in [0.2, 0.25) is 0 Å². The molecule has 4 atom stereocenters. The number of alkyl halides is 1. The van der Waals surface area contributed by atoms with Gasteiger partial charge in [-0.2, -0.15) is 5.10 Å². The molecule has 1 saturated heterocycles. The highest BCUT2D eigenvalue weighted by Gasteiger charge is 2.64. The van der Waals surface area contributed by atoms with Crippen LogP contribution in [0.3, 0.4) is 0 Å². The number of ether oxygens (including phenoxy) is 1. The summed E-state index contributed by atoms with van der Waals surface area (Å²) in [5.41, 5.74) is 5.05. The van der Waals surface area contributed by atoms with E-state index in [1.54, 1.807) is 6.07 Å². The molecular weight excluding hydrogens is 429 g/mol. The van der Waals surface area contributed by atoms with Crippen LogP contribution < -0.4 is 4.74 Å². The number of likely N-dealkylation sites (tertiary alicyclic amines) is 1. The van der Waals surface area contributed by atoms with E-state index in [-0.39, 0.29) is 17.3 Å². The van der Waals surface area contributed by atoms with Gasteiger partial charge in [0.1, 0.15) is 0 Å². The van der Waals surface area contributed by atoms with Crippen molar-refractivity contribution in [1.82, 2.24) is 15.1 Å². The number of likely N-dealkylation sites (N-methyl/N-ethyl adjacent to an activating group) is 1. The van der Waals surface area contributed by atoms with Gasteiger partial charge in [0, 0.05) is 17.0 Å². The Morgan fingerprint density at radius 2 is 2.16 bits per heavy atom. The van der Waals surface area contributed by atoms with E-state index in [1.165, 1.54) is 16.7 Å². The standard InChI is InChI=1S/C18H19N3O2.CH3I/c1-21-5-4-18-11-6-10-8-19-20-15(10)17(18)23-16-13(22)3-2-9(14(16)18)7-12(11)21;1-2/h2-3,8,11-12,17,22H,4-7H2,1H3,(H,19,20);1H3/t11-,12-,17?,18-;/m0./s1. The number of aromatic hydroxyl groups is 1. The number of nitrogens with one attached hydrogen (secondary N) is 1. The summed E-state index contributed by atoms with van der Waals surface area (Å²) in [6, 6.07) is 4.44. The summed E-state index contributed by atoms with van der Waals surface area (Å²) in [5, 5.41) is 17.9. The molecule has 25 heavy (non-hydrogen) atoms. The lowest BCUT2D eigenvalue weighted by Gasteiger charge is -2.57. The fourth-order valence-corrected chi connectivity index (χ4v) is 5.87. The first-order chi connectivity index (χ1) is 12.2. The zero-order chi connectivity index (χ0) is 17.3. The summed E-state index contributed by atoms with van der Waals surface area (Å²) in [5.74, 6) is 1.54. The molecule has 3 heterocycles. The average molecular weight is 451 g/mol. The molecule has 5 nitrogen and oxygen atoms in total. The average Bonchev–Trinajstić information content (AvgIpc) is 3.22. The van der Waals surface area contributed by atoms with Crippen molar-refractivity contribution in [2.45, 2.75) is 36.8 Å². The summed E-state index contributed by atoms with van der Waals surface area (Å²) in [4.78, 5) is 4.49. The van der Waals surface area contributed by atoms with Gasteiger partial charge in [-0.3, -0.25) is 5.10 Å². The number of aromatic amines is 1. The minimum atomic E-state index is -0.0303. The van der Waals surface area contributed by atoms with Crippen molar-refractivity contribution in [1.29, 1.82) is 0 Å². The van der Waals surface area contributed by atoms with Crippen LogP contribution in [0.1, 0.15) is 34.9 Å². The van der Waals surface area contributed by atoms with Crippen LogP contribution in [-0.2, 0) is 18.3 Å². The van der Waals surface area contributed by atoms with Gasteiger partial charge in [0.25, 0.3) is 0 Å². The van der Waals surface area contributed by atoms with E-state index in [0.717, 1.165) is 37.3 Å². The Hall–Kier alpha value is -1.28. The van der Waals surface area contributed by atoms with Gasteiger partial charge in [-0.05, 0) is 60.9 Å². The number of rotatable bonds is 0. The van der Waals surface area contributed by atoms with E-state index in [9.17, 15) is 5.11 Å². The van der Waals surface area contributed by atoms with E-state index in [0.29, 0.717) is 12.0 Å². The number of halogens is 1. The zero-order valence-corrected chi connectivity index (χ0v) is 16.6. The Balaban J connectivity index is 0.000000679. The van der Waals surface area contributed by atoms with E-state index in [2.05, 4.69) is 50.8 Å². The number of nitrogens with zero attached hydrogens (tertiary/aromatic N) is 2. The summed E-state index contributed by atoms with van der Waals surface area (Å²) in [6.45, 7) is 1.08. The number of hydrogen-bond acceptors (Lipinski definition) is 4. The molecule has 1 fully saturated rings. The predicted octanol–water partition coefficient (Wildman–Crippen LogP) is 2.97. The van der Waals surface area contributed by atoms with Gasteiger partial charge in [0.2, 0.25) is 0 Å². The molecule has 1 aromatic heterocycles. The molecule has 2 bridgehead atoms. The van der Waals surface area contributed by atoms with Crippen molar-refractivity contribution >= 4 is 22.6 Å². The van der Waals surface area contributed by atoms with Crippen LogP contribution in [0.25, 0.3) is 0 Å². The molecular formula is C19H22IN3O2. The molecule has 132 valence electrons. The Labute approximate surface area is 160 Å². The molecule has 2 aromatic rings. The Kier molecular flexibility index (Phi) is 3.42. The van der Waals surface area contributed by atoms with E-state index in [1.807, 2.05) is 11.1 Å². The van der Waals surface area contributed by atoms with Crippen molar-refractivity contribution in [3.05, 3.63) is 40.7 Å². The first-order valence-corrected chi connectivity index (χ1v) is 11.0. The number of aromatic nitrogens is 2.